The van der Waals surface area contributed by atoms with Crippen LogP contribution in [0.3, 0.4) is 0 Å². The fourth-order valence-electron chi connectivity index (χ4n) is 1.74. The molecule has 0 bridgehead atoms. The van der Waals surface area contributed by atoms with Gasteiger partial charge in [-0.15, -0.1) is 5.10 Å². The third-order valence-corrected chi connectivity index (χ3v) is 3.58. The summed E-state index contributed by atoms with van der Waals surface area (Å²) < 4.78 is 5.01. The molecule has 104 valence electrons. The second kappa shape index (κ2) is 5.96. The van der Waals surface area contributed by atoms with Crippen LogP contribution in [0.2, 0.25) is 0 Å². The van der Waals surface area contributed by atoms with Crippen LogP contribution < -0.4 is 9.64 Å². The zero-order chi connectivity index (χ0) is 13.8. The monoisotopic (exact) mass is 283 g/mol. The minimum Gasteiger partial charge on any atom is -0.472 e. The topological polar surface area (TPSA) is 70.9 Å². The summed E-state index contributed by atoms with van der Waals surface area (Å²) in [5.74, 6) is 0.729. The number of likely N-dealkylation sites (N-methyl/N-ethyl adjacent to an activating group) is 1. The van der Waals surface area contributed by atoms with E-state index < -0.39 is 0 Å². The number of amides is 2. The summed E-state index contributed by atoms with van der Waals surface area (Å²) in [6, 6.07) is -0.101. The number of hydrogen-bond donors (Lipinski definition) is 0. The zero-order valence-corrected chi connectivity index (χ0v) is 12.1. The maximum Gasteiger partial charge on any atom is 0.332 e. The van der Waals surface area contributed by atoms with Crippen molar-refractivity contribution in [2.75, 3.05) is 31.6 Å². The molecular weight excluding hydrogens is 266 g/mol. The predicted molar refractivity (Wildman–Crippen MR) is 74.2 cm³/mol. The molecular formula is C11H17N5O2S. The largest absolute Gasteiger partial charge is 0.472 e. The highest BCUT2D eigenvalue weighted by Gasteiger charge is 2.36. The van der Waals surface area contributed by atoms with Gasteiger partial charge in [0.2, 0.25) is 5.13 Å². The molecule has 1 fully saturated rings. The van der Waals surface area contributed by atoms with Gasteiger partial charge in [0.15, 0.2) is 0 Å². The highest BCUT2D eigenvalue weighted by molar-refractivity contribution is 7.17. The number of ether oxygens (including phenoxy) is 1. The summed E-state index contributed by atoms with van der Waals surface area (Å²) in [7, 11) is 1.53. The van der Waals surface area contributed by atoms with Crippen molar-refractivity contribution >= 4 is 28.3 Å². The molecule has 1 aliphatic rings. The number of anilines is 1. The Hall–Kier alpha value is -1.70. The molecule has 0 unspecified atom stereocenters. The smallest absolute Gasteiger partial charge is 0.332 e. The van der Waals surface area contributed by atoms with Gasteiger partial charge in [0.05, 0.1) is 13.7 Å². The van der Waals surface area contributed by atoms with E-state index in [2.05, 4.69) is 22.1 Å². The molecule has 0 atom stereocenters. The van der Waals surface area contributed by atoms with E-state index in [1.54, 1.807) is 4.90 Å². The molecule has 0 spiro atoms. The van der Waals surface area contributed by atoms with Crippen LogP contribution >= 0.6 is 11.3 Å². The average Bonchev–Trinajstić information content (AvgIpc) is 3.00. The molecule has 0 radical (unpaired) electrons. The molecule has 0 saturated carbocycles. The van der Waals surface area contributed by atoms with Gasteiger partial charge in [0.25, 0.3) is 5.19 Å². The fraction of sp³-hybridized carbons (Fsp3) is 0.636. The zero-order valence-electron chi connectivity index (χ0n) is 11.3. The number of nitrogens with zero attached hydrogens (tertiary/aromatic N) is 5. The van der Waals surface area contributed by atoms with Gasteiger partial charge in [-0.3, -0.25) is 4.99 Å². The third-order valence-electron chi connectivity index (χ3n) is 2.71. The van der Waals surface area contributed by atoms with Crippen LogP contribution in [0.4, 0.5) is 9.93 Å². The molecule has 2 amide bonds. The first-order valence-corrected chi connectivity index (χ1v) is 7.02. The number of methoxy groups -OCH3 is 1. The number of hydrogen-bond acceptors (Lipinski definition) is 6. The normalized spacial score (nSPS) is 17.6. The highest BCUT2D eigenvalue weighted by atomic mass is 32.1. The molecule has 2 rings (SSSR count). The summed E-state index contributed by atoms with van der Waals surface area (Å²) in [4.78, 5) is 20.0. The van der Waals surface area contributed by atoms with Crippen molar-refractivity contribution in [2.45, 2.75) is 20.3 Å². The first-order chi connectivity index (χ1) is 9.21. The van der Waals surface area contributed by atoms with E-state index in [0.29, 0.717) is 30.0 Å². The van der Waals surface area contributed by atoms with Crippen molar-refractivity contribution < 1.29 is 9.53 Å². The lowest BCUT2D eigenvalue weighted by atomic mass is 10.4. The Bertz CT molecular complexity index is 487. The lowest BCUT2D eigenvalue weighted by Gasteiger charge is -2.13. The van der Waals surface area contributed by atoms with E-state index in [4.69, 9.17) is 4.74 Å². The van der Waals surface area contributed by atoms with E-state index in [1.807, 2.05) is 6.92 Å². The number of aliphatic imine (C=N–C) groups is 1. The standard InChI is InChI=1S/C11H17N5O2S/c1-4-6-12-8-7-15(5-2)11(17)16(8)9-13-14-10(18-3)19-9/h4-7H2,1-3H3. The Morgan fingerprint density at radius 3 is 2.79 bits per heavy atom. The van der Waals surface area contributed by atoms with Crippen LogP contribution in [0.25, 0.3) is 0 Å². The summed E-state index contributed by atoms with van der Waals surface area (Å²) in [5, 5.41) is 8.79. The van der Waals surface area contributed by atoms with Crippen LogP contribution in [-0.2, 0) is 0 Å². The first-order valence-electron chi connectivity index (χ1n) is 6.21. The SMILES string of the molecule is CCCN=C1CN(CC)C(=O)N1c1nnc(OC)s1. The van der Waals surface area contributed by atoms with Crippen LogP contribution in [0.15, 0.2) is 4.99 Å². The number of carbonyl (C=O) groups is 1. The number of carbonyl (C=O) groups excluding carboxylic acids is 1. The molecule has 0 aliphatic carbocycles. The van der Waals surface area contributed by atoms with Gasteiger partial charge in [-0.25, -0.2) is 9.69 Å². The van der Waals surface area contributed by atoms with Gasteiger partial charge in [-0.05, 0) is 24.7 Å². The second-order valence-electron chi connectivity index (χ2n) is 3.98. The van der Waals surface area contributed by atoms with E-state index in [-0.39, 0.29) is 6.03 Å². The molecule has 1 aromatic heterocycles. The Balaban J connectivity index is 2.30. The van der Waals surface area contributed by atoms with Crippen molar-refractivity contribution in [3.05, 3.63) is 0 Å². The van der Waals surface area contributed by atoms with Crippen molar-refractivity contribution in [2.24, 2.45) is 4.99 Å². The third kappa shape index (κ3) is 2.67. The summed E-state index contributed by atoms with van der Waals surface area (Å²) >= 11 is 1.24. The van der Waals surface area contributed by atoms with Gasteiger partial charge < -0.3 is 9.64 Å². The summed E-state index contributed by atoms with van der Waals surface area (Å²) in [5.41, 5.74) is 0. The van der Waals surface area contributed by atoms with Crippen LogP contribution in [0, 0.1) is 0 Å². The van der Waals surface area contributed by atoms with Crippen molar-refractivity contribution in [3.8, 4) is 5.19 Å². The second-order valence-corrected chi connectivity index (χ2v) is 4.90. The minimum absolute atomic E-state index is 0.101. The van der Waals surface area contributed by atoms with Crippen molar-refractivity contribution in [3.63, 3.8) is 0 Å². The maximum absolute atomic E-state index is 12.3. The number of aromatic nitrogens is 2. The first kappa shape index (κ1) is 13.7. The number of rotatable bonds is 5. The lowest BCUT2D eigenvalue weighted by Crippen LogP contribution is -2.33. The Labute approximate surface area is 115 Å². The minimum atomic E-state index is -0.101. The summed E-state index contributed by atoms with van der Waals surface area (Å²) in [6.45, 7) is 5.87. The van der Waals surface area contributed by atoms with E-state index in [0.717, 1.165) is 12.3 Å². The van der Waals surface area contributed by atoms with Gasteiger partial charge in [-0.1, -0.05) is 12.0 Å². The maximum atomic E-state index is 12.3. The number of urea groups is 1. The molecule has 1 aromatic rings. The van der Waals surface area contributed by atoms with Gasteiger partial charge >= 0.3 is 6.03 Å². The van der Waals surface area contributed by atoms with E-state index in [1.165, 1.54) is 23.3 Å². The molecule has 1 saturated heterocycles. The molecule has 1 aliphatic heterocycles. The predicted octanol–water partition coefficient (Wildman–Crippen LogP) is 1.62. The Kier molecular flexibility index (Phi) is 4.31. The van der Waals surface area contributed by atoms with Crippen LogP contribution in [0.1, 0.15) is 20.3 Å². The highest BCUT2D eigenvalue weighted by Crippen LogP contribution is 2.29. The molecule has 7 nitrogen and oxygen atoms in total. The van der Waals surface area contributed by atoms with E-state index in [9.17, 15) is 4.79 Å². The van der Waals surface area contributed by atoms with Gasteiger partial charge in [0.1, 0.15) is 5.84 Å². The lowest BCUT2D eigenvalue weighted by molar-refractivity contribution is 0.223. The molecule has 8 heteroatoms. The Morgan fingerprint density at radius 2 is 2.21 bits per heavy atom. The molecule has 0 N–H and O–H groups in total. The van der Waals surface area contributed by atoms with Crippen molar-refractivity contribution in [1.29, 1.82) is 0 Å². The van der Waals surface area contributed by atoms with Crippen LogP contribution in [-0.4, -0.2) is 53.7 Å². The fourth-order valence-corrected chi connectivity index (χ4v) is 2.41. The van der Waals surface area contributed by atoms with Gasteiger partial charge in [0, 0.05) is 13.1 Å². The van der Waals surface area contributed by atoms with Crippen LogP contribution in [0.5, 0.6) is 5.19 Å². The number of amidine groups is 1. The van der Waals surface area contributed by atoms with E-state index >= 15 is 0 Å². The molecule has 0 aromatic carbocycles. The Morgan fingerprint density at radius 1 is 1.42 bits per heavy atom. The summed E-state index contributed by atoms with van der Waals surface area (Å²) in [6.07, 6.45) is 0.942. The molecule has 2 heterocycles. The van der Waals surface area contributed by atoms with Crippen molar-refractivity contribution in [1.82, 2.24) is 15.1 Å². The van der Waals surface area contributed by atoms with Gasteiger partial charge in [-0.2, -0.15) is 0 Å². The average molecular weight is 283 g/mol. The quantitative estimate of drug-likeness (QED) is 0.823. The molecule has 19 heavy (non-hydrogen) atoms.